The quantitative estimate of drug-likeness (QED) is 0.876. The minimum Gasteiger partial charge on any atom is -0.378 e. The molecule has 0 bridgehead atoms. The van der Waals surface area contributed by atoms with Gasteiger partial charge in [0.05, 0.1) is 11.7 Å². The van der Waals surface area contributed by atoms with Crippen LogP contribution in [0.5, 0.6) is 0 Å². The number of pyridine rings is 1. The van der Waals surface area contributed by atoms with Crippen LogP contribution in [-0.2, 0) is 4.74 Å². The average molecular weight is 278 g/mol. The number of aryl methyl sites for hydroxylation is 1. The predicted octanol–water partition coefficient (Wildman–Crippen LogP) is 1.47. The Hall–Kier alpha value is -1.62. The van der Waals surface area contributed by atoms with Crippen molar-refractivity contribution in [1.29, 1.82) is 0 Å². The van der Waals surface area contributed by atoms with Gasteiger partial charge in [-0.3, -0.25) is 9.59 Å². The molecule has 1 aliphatic rings. The molecule has 2 atom stereocenters. The average Bonchev–Trinajstić information content (AvgIpc) is 2.84. The van der Waals surface area contributed by atoms with Gasteiger partial charge in [-0.1, -0.05) is 13.8 Å². The molecule has 0 unspecified atom stereocenters. The second-order valence-electron chi connectivity index (χ2n) is 5.73. The summed E-state index contributed by atoms with van der Waals surface area (Å²) < 4.78 is 5.71. The first-order valence-corrected chi connectivity index (χ1v) is 7.08. The van der Waals surface area contributed by atoms with Crippen molar-refractivity contribution < 1.29 is 9.53 Å². The van der Waals surface area contributed by atoms with Crippen molar-refractivity contribution >= 4 is 5.91 Å². The van der Waals surface area contributed by atoms with Gasteiger partial charge < -0.3 is 15.0 Å². The summed E-state index contributed by atoms with van der Waals surface area (Å²) in [6.45, 7) is 7.41. The number of nitrogens with one attached hydrogen (secondary N) is 2. The molecule has 1 saturated heterocycles. The molecule has 2 rings (SSSR count). The summed E-state index contributed by atoms with van der Waals surface area (Å²) in [6.07, 6.45) is 2.67. The Labute approximate surface area is 118 Å². The standard InChI is InChI=1S/C15H22N2O3/c1-9(2)14-11(4-5-20-14)7-17-15(19)12-8-16-13(18)6-10(12)3/h6,8-9,11,14H,4-5,7H2,1-3H3,(H,16,18)(H,17,19)/t11-,14-/m1/s1. The first-order valence-electron chi connectivity index (χ1n) is 7.08. The molecule has 5 heteroatoms. The van der Waals surface area contributed by atoms with Gasteiger partial charge in [-0.25, -0.2) is 0 Å². The van der Waals surface area contributed by atoms with Gasteiger partial charge in [-0.05, 0) is 24.8 Å². The van der Waals surface area contributed by atoms with E-state index in [9.17, 15) is 9.59 Å². The van der Waals surface area contributed by atoms with Gasteiger partial charge in [0.15, 0.2) is 0 Å². The zero-order valence-corrected chi connectivity index (χ0v) is 12.2. The van der Waals surface area contributed by atoms with E-state index in [2.05, 4.69) is 24.1 Å². The normalized spacial score (nSPS) is 22.2. The van der Waals surface area contributed by atoms with Crippen LogP contribution in [0.1, 0.15) is 36.2 Å². The Bertz CT molecular complexity index is 536. The number of aromatic amines is 1. The van der Waals surface area contributed by atoms with E-state index < -0.39 is 0 Å². The summed E-state index contributed by atoms with van der Waals surface area (Å²) in [7, 11) is 0. The van der Waals surface area contributed by atoms with Gasteiger partial charge in [0.25, 0.3) is 5.91 Å². The zero-order valence-electron chi connectivity index (χ0n) is 12.2. The molecule has 1 aliphatic heterocycles. The largest absolute Gasteiger partial charge is 0.378 e. The molecule has 5 nitrogen and oxygen atoms in total. The molecular formula is C15H22N2O3. The van der Waals surface area contributed by atoms with Crippen LogP contribution in [0.3, 0.4) is 0 Å². The summed E-state index contributed by atoms with van der Waals surface area (Å²) >= 11 is 0. The maximum atomic E-state index is 12.1. The fourth-order valence-electron chi connectivity index (χ4n) is 2.75. The van der Waals surface area contributed by atoms with Crippen LogP contribution in [0.2, 0.25) is 0 Å². The van der Waals surface area contributed by atoms with Crippen molar-refractivity contribution in [2.45, 2.75) is 33.3 Å². The monoisotopic (exact) mass is 278 g/mol. The third-order valence-electron chi connectivity index (χ3n) is 3.82. The van der Waals surface area contributed by atoms with Crippen LogP contribution < -0.4 is 10.9 Å². The molecule has 0 radical (unpaired) electrons. The second kappa shape index (κ2) is 6.22. The molecule has 2 N–H and O–H groups in total. The number of rotatable bonds is 4. The molecule has 2 heterocycles. The lowest BCUT2D eigenvalue weighted by molar-refractivity contribution is 0.0533. The summed E-state index contributed by atoms with van der Waals surface area (Å²) in [5, 5.41) is 2.95. The third kappa shape index (κ3) is 3.28. The van der Waals surface area contributed by atoms with Gasteiger partial charge >= 0.3 is 0 Å². The maximum Gasteiger partial charge on any atom is 0.253 e. The van der Waals surface area contributed by atoms with Gasteiger partial charge in [0, 0.05) is 31.3 Å². The lowest BCUT2D eigenvalue weighted by Gasteiger charge is -2.22. The highest BCUT2D eigenvalue weighted by molar-refractivity contribution is 5.95. The highest BCUT2D eigenvalue weighted by atomic mass is 16.5. The van der Waals surface area contributed by atoms with E-state index in [0.717, 1.165) is 13.0 Å². The number of aromatic nitrogens is 1. The molecule has 1 amide bonds. The molecule has 110 valence electrons. The molecule has 1 aromatic rings. The van der Waals surface area contributed by atoms with E-state index in [1.165, 1.54) is 12.3 Å². The van der Waals surface area contributed by atoms with Crippen LogP contribution in [-0.4, -0.2) is 30.1 Å². The summed E-state index contributed by atoms with van der Waals surface area (Å²) in [5.41, 5.74) is 1.02. The Morgan fingerprint density at radius 1 is 1.55 bits per heavy atom. The summed E-state index contributed by atoms with van der Waals surface area (Å²) in [4.78, 5) is 25.8. The van der Waals surface area contributed by atoms with E-state index >= 15 is 0 Å². The lowest BCUT2D eigenvalue weighted by Crippen LogP contribution is -2.35. The van der Waals surface area contributed by atoms with Crippen LogP contribution in [0.25, 0.3) is 0 Å². The van der Waals surface area contributed by atoms with E-state index in [-0.39, 0.29) is 17.6 Å². The second-order valence-corrected chi connectivity index (χ2v) is 5.73. The fourth-order valence-corrected chi connectivity index (χ4v) is 2.75. The van der Waals surface area contributed by atoms with Gasteiger partial charge in [0.2, 0.25) is 5.56 Å². The van der Waals surface area contributed by atoms with E-state index in [1.807, 2.05) is 0 Å². The first kappa shape index (κ1) is 14.8. The van der Waals surface area contributed by atoms with Crippen LogP contribution in [0.15, 0.2) is 17.1 Å². The molecule has 0 saturated carbocycles. The predicted molar refractivity (Wildman–Crippen MR) is 76.8 cm³/mol. The lowest BCUT2D eigenvalue weighted by atomic mass is 9.93. The molecule has 20 heavy (non-hydrogen) atoms. The van der Waals surface area contributed by atoms with Crippen molar-refractivity contribution in [2.24, 2.45) is 11.8 Å². The van der Waals surface area contributed by atoms with Gasteiger partial charge in [0.1, 0.15) is 0 Å². The number of ether oxygens (including phenoxy) is 1. The molecule has 1 fully saturated rings. The summed E-state index contributed by atoms with van der Waals surface area (Å²) in [6, 6.07) is 1.44. The third-order valence-corrected chi connectivity index (χ3v) is 3.82. The number of carbonyl (C=O) groups excluding carboxylic acids is 1. The number of carbonyl (C=O) groups is 1. The van der Waals surface area contributed by atoms with Crippen molar-refractivity contribution in [1.82, 2.24) is 10.3 Å². The smallest absolute Gasteiger partial charge is 0.253 e. The van der Waals surface area contributed by atoms with Crippen molar-refractivity contribution in [2.75, 3.05) is 13.2 Å². The minimum atomic E-state index is -0.192. The first-order chi connectivity index (χ1) is 9.49. The topological polar surface area (TPSA) is 71.2 Å². The molecule has 0 aromatic carbocycles. The van der Waals surface area contributed by atoms with Crippen LogP contribution in [0.4, 0.5) is 0 Å². The highest BCUT2D eigenvalue weighted by Gasteiger charge is 2.30. The molecule has 1 aromatic heterocycles. The maximum absolute atomic E-state index is 12.1. The van der Waals surface area contributed by atoms with Crippen molar-refractivity contribution in [3.05, 3.63) is 33.7 Å². The molecular weight excluding hydrogens is 256 g/mol. The number of H-pyrrole nitrogens is 1. The fraction of sp³-hybridized carbons (Fsp3) is 0.600. The van der Waals surface area contributed by atoms with Crippen molar-refractivity contribution in [3.8, 4) is 0 Å². The highest BCUT2D eigenvalue weighted by Crippen LogP contribution is 2.26. The molecule has 0 aliphatic carbocycles. The van der Waals surface area contributed by atoms with E-state index in [0.29, 0.717) is 29.5 Å². The zero-order chi connectivity index (χ0) is 14.7. The number of hydrogen-bond acceptors (Lipinski definition) is 3. The van der Waals surface area contributed by atoms with Crippen molar-refractivity contribution in [3.63, 3.8) is 0 Å². The van der Waals surface area contributed by atoms with Crippen LogP contribution in [0, 0.1) is 18.8 Å². The SMILES string of the molecule is Cc1cc(=O)[nH]cc1C(=O)NC[C@H]1CCO[C@@H]1C(C)C. The van der Waals surface area contributed by atoms with Gasteiger partial charge in [-0.2, -0.15) is 0 Å². The number of hydrogen-bond donors (Lipinski definition) is 2. The summed E-state index contributed by atoms with van der Waals surface area (Å²) in [5.74, 6) is 0.671. The van der Waals surface area contributed by atoms with E-state index in [4.69, 9.17) is 4.74 Å². The Morgan fingerprint density at radius 2 is 2.30 bits per heavy atom. The Morgan fingerprint density at radius 3 is 2.95 bits per heavy atom. The Kier molecular flexibility index (Phi) is 4.60. The minimum absolute atomic E-state index is 0.145. The Balaban J connectivity index is 1.97. The van der Waals surface area contributed by atoms with E-state index in [1.54, 1.807) is 6.92 Å². The van der Waals surface area contributed by atoms with Gasteiger partial charge in [-0.15, -0.1) is 0 Å². The number of amides is 1. The molecule has 0 spiro atoms. The van der Waals surface area contributed by atoms with Crippen LogP contribution >= 0.6 is 0 Å².